The zero-order valence-electron chi connectivity index (χ0n) is 10.6. The second-order valence-corrected chi connectivity index (χ2v) is 4.86. The summed E-state index contributed by atoms with van der Waals surface area (Å²) in [6.45, 7) is 2.97. The molecular weight excluding hydrogens is 231 g/mol. The number of carbonyl (C=O) groups is 1. The highest BCUT2D eigenvalue weighted by Crippen LogP contribution is 2.36. The van der Waals surface area contributed by atoms with Crippen molar-refractivity contribution in [1.82, 2.24) is 10.6 Å². The van der Waals surface area contributed by atoms with Gasteiger partial charge < -0.3 is 10.6 Å². The van der Waals surface area contributed by atoms with Gasteiger partial charge in [0, 0.05) is 26.1 Å². The Morgan fingerprint density at radius 2 is 2.17 bits per heavy atom. The van der Waals surface area contributed by atoms with Gasteiger partial charge in [-0.2, -0.15) is 0 Å². The third kappa shape index (κ3) is 3.53. The SMILES string of the molecule is CC(=O)NCCNC1CC(c2cccc(F)c2)C1. The maximum absolute atomic E-state index is 13.1. The molecule has 0 spiro atoms. The lowest BCUT2D eigenvalue weighted by Gasteiger charge is -2.36. The molecule has 0 saturated heterocycles. The molecule has 3 nitrogen and oxygen atoms in total. The molecular formula is C14H19FN2O. The normalized spacial score (nSPS) is 22.3. The van der Waals surface area contributed by atoms with Crippen molar-refractivity contribution in [3.8, 4) is 0 Å². The number of halogens is 1. The largest absolute Gasteiger partial charge is 0.355 e. The molecule has 1 aromatic rings. The third-order valence-corrected chi connectivity index (χ3v) is 3.39. The van der Waals surface area contributed by atoms with Gasteiger partial charge in [-0.05, 0) is 36.5 Å². The molecule has 1 fully saturated rings. The summed E-state index contributed by atoms with van der Waals surface area (Å²) in [5, 5.41) is 6.13. The lowest BCUT2D eigenvalue weighted by Crippen LogP contribution is -2.43. The molecule has 18 heavy (non-hydrogen) atoms. The topological polar surface area (TPSA) is 41.1 Å². The van der Waals surface area contributed by atoms with E-state index in [0.717, 1.165) is 24.9 Å². The van der Waals surface area contributed by atoms with Crippen molar-refractivity contribution < 1.29 is 9.18 Å². The first-order valence-corrected chi connectivity index (χ1v) is 6.38. The molecule has 98 valence electrons. The van der Waals surface area contributed by atoms with E-state index in [1.807, 2.05) is 6.07 Å². The minimum atomic E-state index is -0.158. The average molecular weight is 250 g/mol. The summed E-state index contributed by atoms with van der Waals surface area (Å²) >= 11 is 0. The van der Waals surface area contributed by atoms with Crippen molar-refractivity contribution in [2.45, 2.75) is 31.7 Å². The van der Waals surface area contributed by atoms with Crippen molar-refractivity contribution >= 4 is 5.91 Å². The summed E-state index contributed by atoms with van der Waals surface area (Å²) in [5.41, 5.74) is 1.09. The molecule has 0 unspecified atom stereocenters. The van der Waals surface area contributed by atoms with Gasteiger partial charge in [-0.1, -0.05) is 12.1 Å². The Hall–Kier alpha value is -1.42. The van der Waals surface area contributed by atoms with Gasteiger partial charge in [0.2, 0.25) is 5.91 Å². The fraction of sp³-hybridized carbons (Fsp3) is 0.500. The first kappa shape index (κ1) is 13.0. The van der Waals surface area contributed by atoms with Gasteiger partial charge in [-0.3, -0.25) is 4.79 Å². The molecule has 0 aliphatic heterocycles. The molecule has 1 aromatic carbocycles. The van der Waals surface area contributed by atoms with E-state index in [1.165, 1.54) is 13.0 Å². The Bertz CT molecular complexity index is 416. The van der Waals surface area contributed by atoms with Crippen LogP contribution in [0.15, 0.2) is 24.3 Å². The van der Waals surface area contributed by atoms with E-state index in [4.69, 9.17) is 0 Å². The van der Waals surface area contributed by atoms with Crippen LogP contribution in [0.1, 0.15) is 31.2 Å². The van der Waals surface area contributed by atoms with Crippen LogP contribution in [0.4, 0.5) is 4.39 Å². The van der Waals surface area contributed by atoms with Gasteiger partial charge in [-0.15, -0.1) is 0 Å². The molecule has 1 saturated carbocycles. The molecule has 1 amide bonds. The van der Waals surface area contributed by atoms with Crippen LogP contribution in [-0.4, -0.2) is 25.0 Å². The quantitative estimate of drug-likeness (QED) is 0.782. The van der Waals surface area contributed by atoms with E-state index in [0.29, 0.717) is 18.5 Å². The van der Waals surface area contributed by atoms with E-state index in [2.05, 4.69) is 10.6 Å². The number of hydrogen-bond donors (Lipinski definition) is 2. The molecule has 0 atom stereocenters. The molecule has 1 aliphatic carbocycles. The van der Waals surface area contributed by atoms with Crippen LogP contribution in [0.3, 0.4) is 0 Å². The first-order valence-electron chi connectivity index (χ1n) is 6.38. The number of rotatable bonds is 5. The standard InChI is InChI=1S/C14H19FN2O/c1-10(18)16-5-6-17-14-8-12(9-14)11-3-2-4-13(15)7-11/h2-4,7,12,14,17H,5-6,8-9H2,1H3,(H,16,18). The zero-order valence-corrected chi connectivity index (χ0v) is 10.6. The van der Waals surface area contributed by atoms with Gasteiger partial charge in [0.15, 0.2) is 0 Å². The summed E-state index contributed by atoms with van der Waals surface area (Å²) < 4.78 is 13.1. The Balaban J connectivity index is 1.66. The number of nitrogens with one attached hydrogen (secondary N) is 2. The van der Waals surface area contributed by atoms with Gasteiger partial charge >= 0.3 is 0 Å². The Morgan fingerprint density at radius 1 is 1.39 bits per heavy atom. The van der Waals surface area contributed by atoms with Crippen LogP contribution >= 0.6 is 0 Å². The third-order valence-electron chi connectivity index (χ3n) is 3.39. The molecule has 1 aliphatic rings. The minimum absolute atomic E-state index is 0.00282. The van der Waals surface area contributed by atoms with Crippen LogP contribution in [-0.2, 0) is 4.79 Å². The average Bonchev–Trinajstić information content (AvgIpc) is 2.25. The van der Waals surface area contributed by atoms with E-state index in [1.54, 1.807) is 12.1 Å². The fourth-order valence-corrected chi connectivity index (χ4v) is 2.33. The fourth-order valence-electron chi connectivity index (χ4n) is 2.33. The van der Waals surface area contributed by atoms with Crippen molar-refractivity contribution in [3.05, 3.63) is 35.6 Å². The van der Waals surface area contributed by atoms with E-state index in [9.17, 15) is 9.18 Å². The van der Waals surface area contributed by atoms with Crippen LogP contribution in [0.25, 0.3) is 0 Å². The molecule has 2 N–H and O–H groups in total. The monoisotopic (exact) mass is 250 g/mol. The molecule has 4 heteroatoms. The van der Waals surface area contributed by atoms with Crippen LogP contribution in [0.2, 0.25) is 0 Å². The molecule has 0 aromatic heterocycles. The molecule has 0 bridgehead atoms. The molecule has 0 radical (unpaired) electrons. The maximum Gasteiger partial charge on any atom is 0.216 e. The molecule has 2 rings (SSSR count). The molecule has 0 heterocycles. The number of carbonyl (C=O) groups excluding carboxylic acids is 1. The summed E-state index contributed by atoms with van der Waals surface area (Å²) in [6, 6.07) is 7.35. The minimum Gasteiger partial charge on any atom is -0.355 e. The lowest BCUT2D eigenvalue weighted by molar-refractivity contribution is -0.118. The Labute approximate surface area is 107 Å². The van der Waals surface area contributed by atoms with Crippen molar-refractivity contribution in [2.24, 2.45) is 0 Å². The second-order valence-electron chi connectivity index (χ2n) is 4.86. The highest BCUT2D eigenvalue weighted by Gasteiger charge is 2.29. The highest BCUT2D eigenvalue weighted by atomic mass is 19.1. The predicted octanol–water partition coefficient (Wildman–Crippen LogP) is 1.80. The summed E-state index contributed by atoms with van der Waals surface area (Å²) in [4.78, 5) is 10.7. The summed E-state index contributed by atoms with van der Waals surface area (Å²) in [7, 11) is 0. The van der Waals surface area contributed by atoms with Gasteiger partial charge in [0.1, 0.15) is 5.82 Å². The maximum atomic E-state index is 13.1. The Morgan fingerprint density at radius 3 is 2.83 bits per heavy atom. The van der Waals surface area contributed by atoms with Crippen LogP contribution in [0, 0.1) is 5.82 Å². The van der Waals surface area contributed by atoms with Gasteiger partial charge in [0.25, 0.3) is 0 Å². The highest BCUT2D eigenvalue weighted by molar-refractivity contribution is 5.72. The summed E-state index contributed by atoms with van der Waals surface area (Å²) in [5.74, 6) is 0.316. The van der Waals surface area contributed by atoms with Gasteiger partial charge in [0.05, 0.1) is 0 Å². The number of benzene rings is 1. The van der Waals surface area contributed by atoms with E-state index < -0.39 is 0 Å². The lowest BCUT2D eigenvalue weighted by atomic mass is 9.76. The first-order chi connectivity index (χ1) is 8.65. The smallest absolute Gasteiger partial charge is 0.216 e. The van der Waals surface area contributed by atoms with E-state index in [-0.39, 0.29) is 11.7 Å². The second kappa shape index (κ2) is 5.96. The number of amides is 1. The van der Waals surface area contributed by atoms with Crippen molar-refractivity contribution in [1.29, 1.82) is 0 Å². The Kier molecular flexibility index (Phi) is 4.31. The van der Waals surface area contributed by atoms with Crippen LogP contribution < -0.4 is 10.6 Å². The summed E-state index contributed by atoms with van der Waals surface area (Å²) in [6.07, 6.45) is 2.09. The van der Waals surface area contributed by atoms with Gasteiger partial charge in [-0.25, -0.2) is 4.39 Å². The number of hydrogen-bond acceptors (Lipinski definition) is 2. The van der Waals surface area contributed by atoms with Crippen molar-refractivity contribution in [3.63, 3.8) is 0 Å². The van der Waals surface area contributed by atoms with Crippen LogP contribution in [0.5, 0.6) is 0 Å². The predicted molar refractivity (Wildman–Crippen MR) is 68.8 cm³/mol. The van der Waals surface area contributed by atoms with Crippen molar-refractivity contribution in [2.75, 3.05) is 13.1 Å². The van der Waals surface area contributed by atoms with E-state index >= 15 is 0 Å². The zero-order chi connectivity index (χ0) is 13.0.